The number of carbonyl (C=O) groups is 2. The van der Waals surface area contributed by atoms with E-state index in [2.05, 4.69) is 0 Å². The quantitative estimate of drug-likeness (QED) is 0.587. The molecule has 0 unspecified atom stereocenters. The number of ketones is 1. The number of carbonyl (C=O) groups excluding carboxylic acids is 2. The molecule has 0 amide bonds. The van der Waals surface area contributed by atoms with Crippen LogP contribution in [0, 0.1) is 0 Å². The summed E-state index contributed by atoms with van der Waals surface area (Å²) in [6.07, 6.45) is 1.09. The fourth-order valence-electron chi connectivity index (χ4n) is 1.73. The summed E-state index contributed by atoms with van der Waals surface area (Å²) in [5, 5.41) is 1.75. The highest BCUT2D eigenvalue weighted by molar-refractivity contribution is 7.92. The Bertz CT molecular complexity index is 795. The van der Waals surface area contributed by atoms with Gasteiger partial charge in [0.25, 0.3) is 0 Å². The van der Waals surface area contributed by atoms with Crippen molar-refractivity contribution in [3.63, 3.8) is 0 Å². The number of thiophene rings is 1. The highest BCUT2D eigenvalue weighted by atomic mass is 32.2. The van der Waals surface area contributed by atoms with Gasteiger partial charge in [0, 0.05) is 12.6 Å². The van der Waals surface area contributed by atoms with Crippen LogP contribution in [0.5, 0.6) is 0 Å². The first-order valence-electron chi connectivity index (χ1n) is 6.57. The largest absolute Gasteiger partial charge is 0.453 e. The highest BCUT2D eigenvalue weighted by Crippen LogP contribution is 2.17. The molecule has 0 spiro atoms. The smallest absolute Gasteiger partial charge is 0.348 e. The van der Waals surface area contributed by atoms with Gasteiger partial charge in [0.2, 0.25) is 10.0 Å². The summed E-state index contributed by atoms with van der Waals surface area (Å²) in [5.74, 6) is -0.898. The fourth-order valence-corrected chi connectivity index (χ4v) is 2.85. The van der Waals surface area contributed by atoms with Crippen molar-refractivity contribution in [2.24, 2.45) is 0 Å². The maximum Gasteiger partial charge on any atom is 0.348 e. The number of esters is 1. The zero-order chi connectivity index (χ0) is 17.0. The van der Waals surface area contributed by atoms with Crippen LogP contribution in [0.4, 0.5) is 5.69 Å². The van der Waals surface area contributed by atoms with Gasteiger partial charge in [-0.25, -0.2) is 13.2 Å². The van der Waals surface area contributed by atoms with Gasteiger partial charge in [-0.2, -0.15) is 0 Å². The van der Waals surface area contributed by atoms with Crippen LogP contribution in [0.2, 0.25) is 0 Å². The number of nitrogens with zero attached hydrogens (tertiary/aromatic N) is 1. The van der Waals surface area contributed by atoms with Crippen LogP contribution < -0.4 is 4.31 Å². The van der Waals surface area contributed by atoms with E-state index in [0.29, 0.717) is 16.1 Å². The molecule has 0 aliphatic carbocycles. The summed E-state index contributed by atoms with van der Waals surface area (Å²) in [7, 11) is -1.93. The van der Waals surface area contributed by atoms with Gasteiger partial charge in [-0.05, 0) is 35.7 Å². The molecule has 1 aromatic heterocycles. The van der Waals surface area contributed by atoms with Crippen molar-refractivity contribution in [2.45, 2.75) is 0 Å². The number of anilines is 1. The molecule has 1 aromatic carbocycles. The first kappa shape index (κ1) is 17.2. The summed E-state index contributed by atoms with van der Waals surface area (Å²) < 4.78 is 28.9. The Kier molecular flexibility index (Phi) is 5.17. The van der Waals surface area contributed by atoms with Gasteiger partial charge in [-0.15, -0.1) is 11.3 Å². The monoisotopic (exact) mass is 353 g/mol. The van der Waals surface area contributed by atoms with Crippen LogP contribution in [0.1, 0.15) is 20.0 Å². The molecule has 1 heterocycles. The Morgan fingerprint density at radius 1 is 1.17 bits per heavy atom. The zero-order valence-electron chi connectivity index (χ0n) is 12.6. The predicted molar refractivity (Wildman–Crippen MR) is 88.6 cm³/mol. The van der Waals surface area contributed by atoms with Crippen LogP contribution in [-0.2, 0) is 14.8 Å². The number of Topliss-reactive ketones (excluding diaryl/α,β-unsaturated/α-hetero) is 1. The van der Waals surface area contributed by atoms with E-state index in [1.54, 1.807) is 17.5 Å². The molecule has 0 saturated carbocycles. The third kappa shape index (κ3) is 4.40. The van der Waals surface area contributed by atoms with Crippen LogP contribution in [0.15, 0.2) is 41.8 Å². The number of hydrogen-bond acceptors (Lipinski definition) is 6. The molecule has 0 fully saturated rings. The van der Waals surface area contributed by atoms with Gasteiger partial charge in [-0.1, -0.05) is 6.07 Å². The molecule has 0 bridgehead atoms. The molecule has 2 rings (SSSR count). The number of rotatable bonds is 6. The van der Waals surface area contributed by atoms with Crippen LogP contribution in [-0.4, -0.2) is 40.1 Å². The lowest BCUT2D eigenvalue weighted by molar-refractivity contribution is 0.0479. The minimum absolute atomic E-state index is 0.342. The Morgan fingerprint density at radius 3 is 2.35 bits per heavy atom. The van der Waals surface area contributed by atoms with Gasteiger partial charge in [-0.3, -0.25) is 9.10 Å². The molecular weight excluding hydrogens is 338 g/mol. The van der Waals surface area contributed by atoms with Crippen molar-refractivity contribution in [1.29, 1.82) is 0 Å². The third-order valence-corrected chi connectivity index (χ3v) is 5.16. The molecule has 8 heteroatoms. The summed E-state index contributed by atoms with van der Waals surface area (Å²) in [6.45, 7) is -0.363. The van der Waals surface area contributed by atoms with Gasteiger partial charge < -0.3 is 4.74 Å². The summed E-state index contributed by atoms with van der Waals surface area (Å²) >= 11 is 1.24. The Balaban J connectivity index is 1.99. The van der Waals surface area contributed by atoms with Crippen molar-refractivity contribution in [3.05, 3.63) is 52.2 Å². The van der Waals surface area contributed by atoms with Crippen molar-refractivity contribution in [1.82, 2.24) is 0 Å². The first-order chi connectivity index (χ1) is 10.8. The maximum atomic E-state index is 12.0. The van der Waals surface area contributed by atoms with E-state index in [1.807, 2.05) is 0 Å². The van der Waals surface area contributed by atoms with E-state index in [0.717, 1.165) is 10.6 Å². The molecular formula is C15H15NO5S2. The molecule has 0 aliphatic rings. The topological polar surface area (TPSA) is 80.8 Å². The Morgan fingerprint density at radius 2 is 1.83 bits per heavy atom. The van der Waals surface area contributed by atoms with E-state index in [9.17, 15) is 18.0 Å². The lowest BCUT2D eigenvalue weighted by Crippen LogP contribution is -2.24. The number of sulfonamides is 1. The molecule has 6 nitrogen and oxygen atoms in total. The normalized spacial score (nSPS) is 11.0. The summed E-state index contributed by atoms with van der Waals surface area (Å²) in [5.41, 5.74) is 0.786. The molecule has 0 N–H and O–H groups in total. The van der Waals surface area contributed by atoms with E-state index >= 15 is 0 Å². The Hall–Kier alpha value is -2.19. The second-order valence-corrected chi connectivity index (χ2v) is 7.72. The van der Waals surface area contributed by atoms with Crippen LogP contribution >= 0.6 is 11.3 Å². The lowest BCUT2D eigenvalue weighted by Gasteiger charge is -2.16. The van der Waals surface area contributed by atoms with E-state index in [1.165, 1.54) is 42.6 Å². The van der Waals surface area contributed by atoms with Gasteiger partial charge in [0.1, 0.15) is 4.88 Å². The average Bonchev–Trinajstić information content (AvgIpc) is 3.05. The standard InChI is InChI=1S/C15H15NO5S2/c1-16(23(2,19)20)12-7-5-11(6-8-12)13(17)10-21-15(18)14-4-3-9-22-14/h3-9H,10H2,1-2H3. The summed E-state index contributed by atoms with van der Waals surface area (Å²) in [6, 6.07) is 9.38. The minimum atomic E-state index is -3.36. The summed E-state index contributed by atoms with van der Waals surface area (Å²) in [4.78, 5) is 24.1. The highest BCUT2D eigenvalue weighted by Gasteiger charge is 2.15. The SMILES string of the molecule is CN(c1ccc(C(=O)COC(=O)c2cccs2)cc1)S(C)(=O)=O. The van der Waals surface area contributed by atoms with E-state index < -0.39 is 16.0 Å². The lowest BCUT2D eigenvalue weighted by atomic mass is 10.1. The second kappa shape index (κ2) is 6.93. The van der Waals surface area contributed by atoms with Gasteiger partial charge in [0.05, 0.1) is 11.9 Å². The first-order valence-corrected chi connectivity index (χ1v) is 9.29. The third-order valence-electron chi connectivity index (χ3n) is 3.11. The molecule has 0 atom stereocenters. The van der Waals surface area contributed by atoms with Gasteiger partial charge >= 0.3 is 5.97 Å². The molecule has 0 radical (unpaired) electrons. The molecule has 2 aromatic rings. The minimum Gasteiger partial charge on any atom is -0.453 e. The van der Waals surface area contributed by atoms with E-state index in [4.69, 9.17) is 4.74 Å². The fraction of sp³-hybridized carbons (Fsp3) is 0.200. The van der Waals surface area contributed by atoms with Crippen molar-refractivity contribution >= 4 is 38.8 Å². The molecule has 23 heavy (non-hydrogen) atoms. The molecule has 0 saturated heterocycles. The van der Waals surface area contributed by atoms with Crippen molar-refractivity contribution in [2.75, 3.05) is 24.2 Å². The van der Waals surface area contributed by atoms with Crippen LogP contribution in [0.25, 0.3) is 0 Å². The van der Waals surface area contributed by atoms with E-state index in [-0.39, 0.29) is 12.4 Å². The average molecular weight is 353 g/mol. The number of ether oxygens (including phenoxy) is 1. The second-order valence-electron chi connectivity index (χ2n) is 4.75. The number of hydrogen-bond donors (Lipinski definition) is 0. The van der Waals surface area contributed by atoms with Crippen molar-refractivity contribution in [3.8, 4) is 0 Å². The van der Waals surface area contributed by atoms with Crippen molar-refractivity contribution < 1.29 is 22.7 Å². The number of benzene rings is 1. The maximum absolute atomic E-state index is 12.0. The molecule has 122 valence electrons. The van der Waals surface area contributed by atoms with Gasteiger partial charge in [0.15, 0.2) is 12.4 Å². The molecule has 0 aliphatic heterocycles. The predicted octanol–water partition coefficient (Wildman–Crippen LogP) is 2.18. The van der Waals surface area contributed by atoms with Crippen LogP contribution in [0.3, 0.4) is 0 Å². The Labute approximate surface area is 138 Å². The zero-order valence-corrected chi connectivity index (χ0v) is 14.2.